The van der Waals surface area contributed by atoms with Crippen molar-refractivity contribution in [1.29, 1.82) is 0 Å². The maximum atomic E-state index is 5.92. The molecule has 3 nitrogen and oxygen atoms in total. The van der Waals surface area contributed by atoms with Crippen LogP contribution in [0.5, 0.6) is 5.75 Å². The van der Waals surface area contributed by atoms with Crippen LogP contribution in [-0.2, 0) is 20.9 Å². The summed E-state index contributed by atoms with van der Waals surface area (Å²) in [6, 6.07) is 2.99. The second-order valence-electron chi connectivity index (χ2n) is 2.60. The van der Waals surface area contributed by atoms with Crippen LogP contribution in [-0.4, -0.2) is 14.2 Å². The Morgan fingerprint density at radius 3 is 1.88 bits per heavy atom. The Kier molecular flexibility index (Phi) is 5.33. The van der Waals surface area contributed by atoms with E-state index in [0.717, 1.165) is 0 Å². The number of benzene rings is 1. The van der Waals surface area contributed by atoms with E-state index >= 15 is 0 Å². The van der Waals surface area contributed by atoms with Crippen LogP contribution in [0.3, 0.4) is 0 Å². The van der Waals surface area contributed by atoms with Gasteiger partial charge in [0.25, 0.3) is 0 Å². The zero-order chi connectivity index (χ0) is 12.3. The van der Waals surface area contributed by atoms with Gasteiger partial charge in [0, 0.05) is 31.0 Å². The van der Waals surface area contributed by atoms with Crippen LogP contribution in [0, 0.1) is 0 Å². The number of hydrogen-bond acceptors (Lipinski definition) is 4. The van der Waals surface area contributed by atoms with Crippen molar-refractivity contribution in [2.24, 2.45) is 0 Å². The van der Waals surface area contributed by atoms with Gasteiger partial charge in [0.15, 0.2) is 5.75 Å². The molecule has 0 unspecified atom stereocenters. The molecule has 0 aliphatic carbocycles. The minimum atomic E-state index is -2.85. The number of rotatable bonds is 4. The summed E-state index contributed by atoms with van der Waals surface area (Å²) in [7, 11) is 2.78. The van der Waals surface area contributed by atoms with Crippen LogP contribution >= 0.6 is 41.5 Å². The minimum Gasteiger partial charge on any atom is -0.421 e. The van der Waals surface area contributed by atoms with E-state index in [0.29, 0.717) is 5.02 Å². The standard InChI is InChI=1S/C8H8Cl3O3PS/c1-12-15(16,13-2)14-8-6(10)3-5(9)4-7(8)11/h3-4H,1-2H3. The Morgan fingerprint density at radius 1 is 1.06 bits per heavy atom. The maximum Gasteiger partial charge on any atom is 0.380 e. The first-order chi connectivity index (χ1) is 7.41. The molecule has 1 rings (SSSR count). The van der Waals surface area contributed by atoms with Gasteiger partial charge in [-0.15, -0.1) is 0 Å². The maximum absolute atomic E-state index is 5.92. The minimum absolute atomic E-state index is 0.208. The van der Waals surface area contributed by atoms with Gasteiger partial charge < -0.3 is 13.6 Å². The molecule has 1 aromatic rings. The molecule has 0 bridgehead atoms. The third-order valence-electron chi connectivity index (χ3n) is 1.61. The second kappa shape index (κ2) is 5.87. The van der Waals surface area contributed by atoms with Crippen LogP contribution in [0.15, 0.2) is 12.1 Å². The van der Waals surface area contributed by atoms with Crippen molar-refractivity contribution >= 4 is 53.3 Å². The lowest BCUT2D eigenvalue weighted by Gasteiger charge is -2.19. The van der Waals surface area contributed by atoms with Crippen molar-refractivity contribution in [3.05, 3.63) is 27.2 Å². The summed E-state index contributed by atoms with van der Waals surface area (Å²) in [5.41, 5.74) is 0. The molecule has 0 aliphatic rings. The van der Waals surface area contributed by atoms with E-state index in [1.807, 2.05) is 0 Å². The molecule has 8 heteroatoms. The van der Waals surface area contributed by atoms with E-state index < -0.39 is 6.72 Å². The van der Waals surface area contributed by atoms with Gasteiger partial charge in [0.1, 0.15) is 0 Å². The Hall–Kier alpha value is 0.460. The summed E-state index contributed by atoms with van der Waals surface area (Å²) in [5.74, 6) is 0.208. The molecule has 1 aromatic carbocycles. The molecule has 0 saturated carbocycles. The molecule has 0 spiro atoms. The van der Waals surface area contributed by atoms with Crippen LogP contribution in [0.4, 0.5) is 0 Å². The fourth-order valence-electron chi connectivity index (χ4n) is 0.877. The molecule has 0 aromatic heterocycles. The van der Waals surface area contributed by atoms with Gasteiger partial charge >= 0.3 is 6.72 Å². The van der Waals surface area contributed by atoms with E-state index in [2.05, 4.69) is 0 Å². The van der Waals surface area contributed by atoms with E-state index in [9.17, 15) is 0 Å². The van der Waals surface area contributed by atoms with E-state index in [-0.39, 0.29) is 15.8 Å². The van der Waals surface area contributed by atoms with Crippen LogP contribution < -0.4 is 4.52 Å². The summed E-state index contributed by atoms with van der Waals surface area (Å²) < 4.78 is 15.3. The van der Waals surface area contributed by atoms with Gasteiger partial charge in [-0.2, -0.15) is 0 Å². The first-order valence-corrected chi connectivity index (χ1v) is 7.66. The molecular weight excluding hydrogens is 313 g/mol. The largest absolute Gasteiger partial charge is 0.421 e. The van der Waals surface area contributed by atoms with Crippen LogP contribution in [0.1, 0.15) is 0 Å². The molecule has 0 saturated heterocycles. The van der Waals surface area contributed by atoms with Gasteiger partial charge in [-0.25, -0.2) is 0 Å². The number of halogens is 3. The molecule has 0 aliphatic heterocycles. The smallest absolute Gasteiger partial charge is 0.380 e. The van der Waals surface area contributed by atoms with E-state index in [1.54, 1.807) is 0 Å². The monoisotopic (exact) mass is 320 g/mol. The summed E-state index contributed by atoms with van der Waals surface area (Å²) in [4.78, 5) is 0. The van der Waals surface area contributed by atoms with Gasteiger partial charge in [-0.1, -0.05) is 34.8 Å². The lowest BCUT2D eigenvalue weighted by molar-refractivity contribution is 0.273. The number of hydrogen-bond donors (Lipinski definition) is 0. The SMILES string of the molecule is COP(=S)(OC)Oc1c(Cl)cc(Cl)cc1Cl. The van der Waals surface area contributed by atoms with Crippen molar-refractivity contribution in [2.75, 3.05) is 14.2 Å². The molecule has 0 fully saturated rings. The molecule has 16 heavy (non-hydrogen) atoms. The Morgan fingerprint density at radius 2 is 1.50 bits per heavy atom. The predicted molar refractivity (Wildman–Crippen MR) is 70.4 cm³/mol. The van der Waals surface area contributed by atoms with Crippen molar-refractivity contribution in [2.45, 2.75) is 0 Å². The second-order valence-corrected chi connectivity index (χ2v) is 7.00. The van der Waals surface area contributed by atoms with E-state index in [1.165, 1.54) is 26.4 Å². The normalized spacial score (nSPS) is 11.6. The molecule has 0 amide bonds. The topological polar surface area (TPSA) is 27.7 Å². The molecule has 0 radical (unpaired) electrons. The quantitative estimate of drug-likeness (QED) is 0.761. The molecular formula is C8H8Cl3O3PS. The van der Waals surface area contributed by atoms with Gasteiger partial charge in [0.05, 0.1) is 10.0 Å². The summed E-state index contributed by atoms with van der Waals surface area (Å²) >= 11 is 22.6. The van der Waals surface area contributed by atoms with Crippen LogP contribution in [0.25, 0.3) is 0 Å². The average Bonchev–Trinajstić information content (AvgIpc) is 2.23. The van der Waals surface area contributed by atoms with Crippen molar-refractivity contribution in [1.82, 2.24) is 0 Å². The zero-order valence-electron chi connectivity index (χ0n) is 8.37. The van der Waals surface area contributed by atoms with Crippen molar-refractivity contribution in [3.63, 3.8) is 0 Å². The first-order valence-electron chi connectivity index (χ1n) is 3.97. The lowest BCUT2D eigenvalue weighted by Crippen LogP contribution is -1.98. The third-order valence-corrected chi connectivity index (χ3v) is 4.81. The highest BCUT2D eigenvalue weighted by molar-refractivity contribution is 8.07. The Balaban J connectivity index is 3.11. The summed E-state index contributed by atoms with van der Waals surface area (Å²) in [6.45, 7) is -2.85. The highest BCUT2D eigenvalue weighted by atomic mass is 35.5. The van der Waals surface area contributed by atoms with Gasteiger partial charge in [-0.3, -0.25) is 0 Å². The highest BCUT2D eigenvalue weighted by Crippen LogP contribution is 2.52. The van der Waals surface area contributed by atoms with Crippen molar-refractivity contribution < 1.29 is 13.6 Å². The summed E-state index contributed by atoms with van der Waals surface area (Å²) in [6.07, 6.45) is 0. The molecule has 90 valence electrons. The Labute approximate surface area is 114 Å². The first kappa shape index (κ1) is 14.5. The van der Waals surface area contributed by atoms with Gasteiger partial charge in [-0.05, 0) is 12.1 Å². The lowest BCUT2D eigenvalue weighted by atomic mass is 10.3. The third kappa shape index (κ3) is 3.47. The molecule has 0 N–H and O–H groups in total. The van der Waals surface area contributed by atoms with Gasteiger partial charge in [0.2, 0.25) is 0 Å². The zero-order valence-corrected chi connectivity index (χ0v) is 12.3. The average molecular weight is 322 g/mol. The van der Waals surface area contributed by atoms with Crippen LogP contribution in [0.2, 0.25) is 15.1 Å². The highest BCUT2D eigenvalue weighted by Gasteiger charge is 2.22. The predicted octanol–water partition coefficient (Wildman–Crippen LogP) is 4.54. The molecule has 0 atom stereocenters. The molecule has 0 heterocycles. The Bertz CT molecular complexity index is 410. The van der Waals surface area contributed by atoms with E-state index in [4.69, 9.17) is 60.2 Å². The fourth-order valence-corrected chi connectivity index (χ4v) is 2.82. The summed E-state index contributed by atoms with van der Waals surface area (Å²) in [5, 5.41) is 0.909. The fraction of sp³-hybridized carbons (Fsp3) is 0.250. The van der Waals surface area contributed by atoms with Crippen molar-refractivity contribution in [3.8, 4) is 5.75 Å².